The quantitative estimate of drug-likeness (QED) is 0.593. The second-order valence-corrected chi connectivity index (χ2v) is 6.47. The minimum absolute atomic E-state index is 0.147. The number of anilines is 2. The first-order valence-electron chi connectivity index (χ1n) is 9.01. The average molecular weight is 369 g/mol. The Bertz CT molecular complexity index is 758. The van der Waals surface area contributed by atoms with Crippen LogP contribution >= 0.6 is 0 Å². The molecule has 3 N–H and O–H groups in total. The number of carbonyl (C=O) groups is 2. The molecule has 27 heavy (non-hydrogen) atoms. The molecule has 0 unspecified atom stereocenters. The third kappa shape index (κ3) is 6.42. The highest BCUT2D eigenvalue weighted by Gasteiger charge is 2.09. The van der Waals surface area contributed by atoms with Crippen LogP contribution < -0.4 is 16.0 Å². The van der Waals surface area contributed by atoms with E-state index in [0.29, 0.717) is 30.3 Å². The van der Waals surface area contributed by atoms with Crippen molar-refractivity contribution < 1.29 is 14.3 Å². The maximum Gasteiger partial charge on any atom is 0.251 e. The third-order valence-corrected chi connectivity index (χ3v) is 4.04. The van der Waals surface area contributed by atoms with Gasteiger partial charge in [0.25, 0.3) is 5.91 Å². The standard InChI is InChI=1S/C21H27N3O3/c1-15(2)18-6-4-5-7-19(18)23-14-20(25)24-17-10-8-16(9-11-17)21(26)22-12-13-27-3/h4-11,15,23H,12-14H2,1-3H3,(H,22,26)(H,24,25). The number of rotatable bonds is 9. The van der Waals surface area contributed by atoms with Gasteiger partial charge in [0.15, 0.2) is 0 Å². The molecular formula is C21H27N3O3. The van der Waals surface area contributed by atoms with Crippen LogP contribution in [-0.2, 0) is 9.53 Å². The largest absolute Gasteiger partial charge is 0.383 e. The van der Waals surface area contributed by atoms with Crippen LogP contribution in [0.25, 0.3) is 0 Å². The minimum atomic E-state index is -0.170. The lowest BCUT2D eigenvalue weighted by molar-refractivity contribution is -0.114. The molecule has 0 radical (unpaired) electrons. The smallest absolute Gasteiger partial charge is 0.251 e. The van der Waals surface area contributed by atoms with Crippen molar-refractivity contribution in [3.63, 3.8) is 0 Å². The summed E-state index contributed by atoms with van der Waals surface area (Å²) in [5.74, 6) is 0.0575. The van der Waals surface area contributed by atoms with E-state index in [9.17, 15) is 9.59 Å². The Balaban J connectivity index is 1.86. The van der Waals surface area contributed by atoms with E-state index >= 15 is 0 Å². The first-order valence-corrected chi connectivity index (χ1v) is 9.01. The van der Waals surface area contributed by atoms with Gasteiger partial charge in [-0.25, -0.2) is 0 Å². The van der Waals surface area contributed by atoms with Crippen molar-refractivity contribution in [3.8, 4) is 0 Å². The molecule has 0 aromatic heterocycles. The predicted octanol–water partition coefficient (Wildman–Crippen LogP) is 3.24. The zero-order valence-electron chi connectivity index (χ0n) is 16.0. The van der Waals surface area contributed by atoms with Crippen LogP contribution in [0, 0.1) is 0 Å². The van der Waals surface area contributed by atoms with Gasteiger partial charge in [-0.2, -0.15) is 0 Å². The highest BCUT2D eigenvalue weighted by molar-refractivity contribution is 5.96. The molecule has 6 nitrogen and oxygen atoms in total. The van der Waals surface area contributed by atoms with E-state index in [4.69, 9.17) is 4.74 Å². The molecule has 2 aromatic rings. The zero-order chi connectivity index (χ0) is 19.6. The number of ether oxygens (including phenoxy) is 1. The highest BCUT2D eigenvalue weighted by Crippen LogP contribution is 2.23. The number of nitrogens with one attached hydrogen (secondary N) is 3. The lowest BCUT2D eigenvalue weighted by Crippen LogP contribution is -2.27. The number of amides is 2. The summed E-state index contributed by atoms with van der Waals surface area (Å²) in [6.45, 7) is 5.33. The number of methoxy groups -OCH3 is 1. The van der Waals surface area contributed by atoms with Crippen LogP contribution in [0.1, 0.15) is 35.7 Å². The molecule has 0 spiro atoms. The lowest BCUT2D eigenvalue weighted by Gasteiger charge is -2.14. The lowest BCUT2D eigenvalue weighted by atomic mass is 10.0. The van der Waals surface area contributed by atoms with Crippen LogP contribution in [-0.4, -0.2) is 38.6 Å². The van der Waals surface area contributed by atoms with Crippen molar-refractivity contribution in [2.24, 2.45) is 0 Å². The fourth-order valence-electron chi connectivity index (χ4n) is 2.62. The van der Waals surface area contributed by atoms with Gasteiger partial charge in [-0.15, -0.1) is 0 Å². The summed E-state index contributed by atoms with van der Waals surface area (Å²) in [5, 5.41) is 8.76. The van der Waals surface area contributed by atoms with Crippen molar-refractivity contribution in [2.45, 2.75) is 19.8 Å². The van der Waals surface area contributed by atoms with Gasteiger partial charge in [-0.1, -0.05) is 32.0 Å². The first kappa shape index (κ1) is 20.5. The Morgan fingerprint density at radius 2 is 1.74 bits per heavy atom. The molecule has 6 heteroatoms. The zero-order valence-corrected chi connectivity index (χ0v) is 16.0. The molecule has 0 atom stereocenters. The van der Waals surface area contributed by atoms with Gasteiger partial charge in [-0.05, 0) is 41.8 Å². The van der Waals surface area contributed by atoms with E-state index in [1.165, 1.54) is 5.56 Å². The minimum Gasteiger partial charge on any atom is -0.383 e. The summed E-state index contributed by atoms with van der Waals surface area (Å²) in [6.07, 6.45) is 0. The predicted molar refractivity (Wildman–Crippen MR) is 108 cm³/mol. The van der Waals surface area contributed by atoms with Gasteiger partial charge in [0.1, 0.15) is 0 Å². The van der Waals surface area contributed by atoms with E-state index in [0.717, 1.165) is 5.69 Å². The van der Waals surface area contributed by atoms with Crippen LogP contribution in [0.3, 0.4) is 0 Å². The summed E-state index contributed by atoms with van der Waals surface area (Å²) in [4.78, 5) is 24.1. The van der Waals surface area contributed by atoms with Gasteiger partial charge in [-0.3, -0.25) is 9.59 Å². The summed E-state index contributed by atoms with van der Waals surface area (Å²) >= 11 is 0. The molecule has 2 amide bonds. The number of para-hydroxylation sites is 1. The molecule has 0 fully saturated rings. The molecule has 0 saturated heterocycles. The van der Waals surface area contributed by atoms with E-state index in [-0.39, 0.29) is 18.4 Å². The third-order valence-electron chi connectivity index (χ3n) is 4.04. The van der Waals surface area contributed by atoms with E-state index < -0.39 is 0 Å². The Kier molecular flexibility index (Phi) is 7.82. The fourth-order valence-corrected chi connectivity index (χ4v) is 2.62. The van der Waals surface area contributed by atoms with Gasteiger partial charge >= 0.3 is 0 Å². The molecule has 0 aliphatic carbocycles. The molecule has 0 aliphatic rings. The number of carbonyl (C=O) groups excluding carboxylic acids is 2. The summed E-state index contributed by atoms with van der Waals surface area (Å²) < 4.78 is 4.90. The van der Waals surface area contributed by atoms with Gasteiger partial charge in [0.2, 0.25) is 5.91 Å². The van der Waals surface area contributed by atoms with Crippen LogP contribution in [0.15, 0.2) is 48.5 Å². The average Bonchev–Trinajstić information content (AvgIpc) is 2.67. The monoisotopic (exact) mass is 369 g/mol. The van der Waals surface area contributed by atoms with Crippen LogP contribution in [0.2, 0.25) is 0 Å². The summed E-state index contributed by atoms with van der Waals surface area (Å²) in [6, 6.07) is 14.8. The van der Waals surface area contributed by atoms with Crippen molar-refractivity contribution >= 4 is 23.2 Å². The second-order valence-electron chi connectivity index (χ2n) is 6.47. The fraction of sp³-hybridized carbons (Fsp3) is 0.333. The number of hydrogen-bond donors (Lipinski definition) is 3. The molecule has 0 saturated carbocycles. The molecular weight excluding hydrogens is 342 g/mol. The van der Waals surface area contributed by atoms with Crippen molar-refractivity contribution in [2.75, 3.05) is 37.4 Å². The summed E-state index contributed by atoms with van der Waals surface area (Å²) in [7, 11) is 1.58. The molecule has 0 bridgehead atoms. The van der Waals surface area contributed by atoms with Crippen molar-refractivity contribution in [1.29, 1.82) is 0 Å². The molecule has 0 aliphatic heterocycles. The maximum absolute atomic E-state index is 12.2. The topological polar surface area (TPSA) is 79.5 Å². The normalized spacial score (nSPS) is 10.5. The van der Waals surface area contributed by atoms with Crippen molar-refractivity contribution in [1.82, 2.24) is 5.32 Å². The van der Waals surface area contributed by atoms with Crippen molar-refractivity contribution in [3.05, 3.63) is 59.7 Å². The van der Waals surface area contributed by atoms with E-state index in [1.807, 2.05) is 18.2 Å². The molecule has 144 valence electrons. The second kappa shape index (κ2) is 10.3. The van der Waals surface area contributed by atoms with Gasteiger partial charge in [0.05, 0.1) is 13.2 Å². The molecule has 0 heterocycles. The highest BCUT2D eigenvalue weighted by atomic mass is 16.5. The number of hydrogen-bond acceptors (Lipinski definition) is 4. The Labute approximate surface area is 160 Å². The van der Waals surface area contributed by atoms with Crippen LogP contribution in [0.4, 0.5) is 11.4 Å². The van der Waals surface area contributed by atoms with E-state index in [1.54, 1.807) is 31.4 Å². The van der Waals surface area contributed by atoms with Crippen LogP contribution in [0.5, 0.6) is 0 Å². The first-order chi connectivity index (χ1) is 13.0. The van der Waals surface area contributed by atoms with E-state index in [2.05, 4.69) is 35.9 Å². The maximum atomic E-state index is 12.2. The van der Waals surface area contributed by atoms with Gasteiger partial charge in [0, 0.05) is 30.6 Å². The molecule has 2 rings (SSSR count). The SMILES string of the molecule is COCCNC(=O)c1ccc(NC(=O)CNc2ccccc2C(C)C)cc1. The number of benzene rings is 2. The Morgan fingerprint density at radius 1 is 1.04 bits per heavy atom. The summed E-state index contributed by atoms with van der Waals surface area (Å²) in [5.41, 5.74) is 3.32. The molecule has 2 aromatic carbocycles. The van der Waals surface area contributed by atoms with Gasteiger partial charge < -0.3 is 20.7 Å². The Hall–Kier alpha value is -2.86. The Morgan fingerprint density at radius 3 is 2.41 bits per heavy atom.